The lowest BCUT2D eigenvalue weighted by Crippen LogP contribution is -2.37. The third kappa shape index (κ3) is 7.74. The van der Waals surface area contributed by atoms with Crippen molar-refractivity contribution < 1.29 is 42.6 Å². The summed E-state index contributed by atoms with van der Waals surface area (Å²) >= 11 is 0. The number of nitrogens with one attached hydrogen (secondary N) is 3. The minimum absolute atomic E-state index is 0.000611. The van der Waals surface area contributed by atoms with E-state index in [2.05, 4.69) is 30.7 Å². The van der Waals surface area contributed by atoms with Crippen LogP contribution in [0, 0.1) is 0 Å². The first kappa shape index (κ1) is 36.4. The fraction of sp³-hybridized carbons (Fsp3) is 0.256. The lowest BCUT2D eigenvalue weighted by molar-refractivity contribution is -0.140. The monoisotopic (exact) mass is 747 g/mol. The zero-order chi connectivity index (χ0) is 38.6. The van der Waals surface area contributed by atoms with Gasteiger partial charge in [-0.1, -0.05) is 18.2 Å². The van der Waals surface area contributed by atoms with Gasteiger partial charge in [0.1, 0.15) is 5.58 Å². The summed E-state index contributed by atoms with van der Waals surface area (Å²) < 4.78 is 23.3. The first-order valence-electron chi connectivity index (χ1n) is 17.5. The molecule has 16 nitrogen and oxygen atoms in total. The van der Waals surface area contributed by atoms with E-state index in [-0.39, 0.29) is 61.3 Å². The number of methoxy groups -OCH3 is 2. The van der Waals surface area contributed by atoms with Crippen LogP contribution in [-0.4, -0.2) is 78.8 Å². The van der Waals surface area contributed by atoms with Gasteiger partial charge in [0.25, 0.3) is 17.7 Å². The van der Waals surface area contributed by atoms with Crippen LogP contribution in [0.15, 0.2) is 76.3 Å². The summed E-state index contributed by atoms with van der Waals surface area (Å²) in [4.78, 5) is 73.8. The summed E-state index contributed by atoms with van der Waals surface area (Å²) in [7, 11) is 4.36. The highest BCUT2D eigenvalue weighted by Crippen LogP contribution is 2.41. The third-order valence-corrected chi connectivity index (χ3v) is 9.12. The number of nitrogens with zero attached hydrogens (tertiary/aromatic N) is 4. The van der Waals surface area contributed by atoms with E-state index in [0.29, 0.717) is 52.2 Å². The van der Waals surface area contributed by atoms with E-state index in [1.54, 1.807) is 48.5 Å². The molecule has 2 aromatic heterocycles. The number of aliphatic imine (C=N–C) groups is 1. The maximum Gasteiger partial charge on any atom is 0.307 e. The Hall–Kier alpha value is -6.97. The molecule has 7 rings (SSSR count). The highest BCUT2D eigenvalue weighted by molar-refractivity contribution is 6.15. The molecule has 16 heteroatoms. The molecule has 0 unspecified atom stereocenters. The van der Waals surface area contributed by atoms with Crippen molar-refractivity contribution in [3.8, 4) is 11.5 Å². The summed E-state index contributed by atoms with van der Waals surface area (Å²) in [6.45, 7) is 0.276. The van der Waals surface area contributed by atoms with Crippen LogP contribution >= 0.6 is 0 Å². The average molecular weight is 748 g/mol. The molecule has 0 fully saturated rings. The molecule has 55 heavy (non-hydrogen) atoms. The van der Waals surface area contributed by atoms with Gasteiger partial charge in [0.15, 0.2) is 23.1 Å². The van der Waals surface area contributed by atoms with Crippen LogP contribution in [-0.2, 0) is 27.8 Å². The molecule has 0 saturated carbocycles. The maximum absolute atomic E-state index is 13.6. The van der Waals surface area contributed by atoms with Gasteiger partial charge in [-0.2, -0.15) is 0 Å². The highest BCUT2D eigenvalue weighted by atomic mass is 16.5. The molecule has 0 spiro atoms. The second-order valence-corrected chi connectivity index (χ2v) is 12.8. The first-order valence-corrected chi connectivity index (χ1v) is 17.5. The van der Waals surface area contributed by atoms with Gasteiger partial charge in [-0.05, 0) is 48.4 Å². The van der Waals surface area contributed by atoms with Gasteiger partial charge in [0, 0.05) is 61.7 Å². The third-order valence-electron chi connectivity index (χ3n) is 9.12. The Kier molecular flexibility index (Phi) is 10.3. The van der Waals surface area contributed by atoms with Crippen molar-refractivity contribution in [2.45, 2.75) is 31.7 Å². The normalized spacial score (nSPS) is 14.1. The predicted octanol–water partition coefficient (Wildman–Crippen LogP) is 4.81. The second-order valence-electron chi connectivity index (χ2n) is 12.8. The number of carbonyl (C=O) groups excluding carboxylic acids is 5. The van der Waals surface area contributed by atoms with Crippen LogP contribution in [0.3, 0.4) is 0 Å². The summed E-state index contributed by atoms with van der Waals surface area (Å²) in [5, 5.41) is 8.63. The Bertz CT molecular complexity index is 2360. The number of carbonyl (C=O) groups is 5. The molecule has 3 aromatic carbocycles. The van der Waals surface area contributed by atoms with E-state index in [1.807, 2.05) is 24.3 Å². The number of hydrogen-bond donors (Lipinski definition) is 3. The van der Waals surface area contributed by atoms with Crippen molar-refractivity contribution >= 4 is 69.7 Å². The van der Waals surface area contributed by atoms with E-state index in [1.165, 1.54) is 31.0 Å². The molecule has 1 atom stereocenters. The molecule has 0 aliphatic carbocycles. The SMILES string of the molecule is COC(=O)CCNC(=O)c1nc(NC(=O)c2cc3cc(NC(=O)CCCOc4cc5c(cc4OC)C(=O)N4c6ccccc6C[C@H]4C=N5)ccc3o2)cn1C. The molecule has 4 amide bonds. The zero-order valence-corrected chi connectivity index (χ0v) is 30.2. The molecule has 0 saturated heterocycles. The minimum atomic E-state index is -0.590. The second kappa shape index (κ2) is 15.6. The molecule has 3 N–H and O–H groups in total. The Balaban J connectivity index is 0.914. The number of hydrogen-bond acceptors (Lipinski definition) is 11. The number of ether oxygens (including phenoxy) is 3. The van der Waals surface area contributed by atoms with E-state index in [0.717, 1.165) is 11.3 Å². The number of imidazole rings is 1. The van der Waals surface area contributed by atoms with Gasteiger partial charge < -0.3 is 39.1 Å². The molecule has 5 aromatic rings. The number of rotatable bonds is 13. The fourth-order valence-electron chi connectivity index (χ4n) is 6.43. The number of fused-ring (bicyclic) bond motifs is 5. The van der Waals surface area contributed by atoms with Crippen molar-refractivity contribution in [1.29, 1.82) is 0 Å². The van der Waals surface area contributed by atoms with Crippen LogP contribution in [0.4, 0.5) is 22.9 Å². The van der Waals surface area contributed by atoms with Crippen LogP contribution in [0.2, 0.25) is 0 Å². The van der Waals surface area contributed by atoms with E-state index >= 15 is 0 Å². The zero-order valence-electron chi connectivity index (χ0n) is 30.2. The van der Waals surface area contributed by atoms with Gasteiger partial charge >= 0.3 is 5.97 Å². The number of aryl methyl sites for hydroxylation is 1. The molecule has 4 heterocycles. The van der Waals surface area contributed by atoms with Crippen molar-refractivity contribution in [2.75, 3.05) is 42.9 Å². The van der Waals surface area contributed by atoms with Crippen LogP contribution in [0.1, 0.15) is 56.4 Å². The number of benzene rings is 3. The summed E-state index contributed by atoms with van der Waals surface area (Å²) in [5.41, 5.74) is 3.82. The maximum atomic E-state index is 13.6. The number of anilines is 3. The van der Waals surface area contributed by atoms with Gasteiger partial charge in [-0.25, -0.2) is 4.98 Å². The molecule has 0 radical (unpaired) electrons. The lowest BCUT2D eigenvalue weighted by Gasteiger charge is -2.22. The summed E-state index contributed by atoms with van der Waals surface area (Å²) in [6, 6.07) is 17.5. The number of aromatic nitrogens is 2. The highest BCUT2D eigenvalue weighted by Gasteiger charge is 2.36. The molecular weight excluding hydrogens is 710 g/mol. The predicted molar refractivity (Wildman–Crippen MR) is 202 cm³/mol. The van der Waals surface area contributed by atoms with E-state index in [4.69, 9.17) is 13.9 Å². The first-order chi connectivity index (χ1) is 26.6. The van der Waals surface area contributed by atoms with Crippen molar-refractivity contribution in [3.63, 3.8) is 0 Å². The number of para-hydroxylation sites is 1. The van der Waals surface area contributed by atoms with E-state index in [9.17, 15) is 24.0 Å². The standard InChI is InChI=1S/C39H37N7O9/c1-45-21-33(43-36(45)38(50)40-13-12-35(48)53-3)44-37(49)32-17-23-15-24(10-11-29(23)55-32)42-34(47)9-6-14-54-31-19-27-26(18-30(31)52-2)39(51)46-25(20-41-27)16-22-7-4-5-8-28(22)46/h4-5,7-8,10-11,15,17-21,25H,6,9,12-14,16H2,1-3H3,(H,40,50)(H,42,47)(H,44,49)/t25-/m0/s1. The molecule has 0 bridgehead atoms. The minimum Gasteiger partial charge on any atom is -0.493 e. The van der Waals surface area contributed by atoms with E-state index < -0.39 is 17.8 Å². The molecule has 282 valence electrons. The molecular formula is C39H37N7O9. The van der Waals surface area contributed by atoms with Crippen molar-refractivity contribution in [3.05, 3.63) is 89.6 Å². The smallest absolute Gasteiger partial charge is 0.307 e. The Morgan fingerprint density at radius 1 is 0.964 bits per heavy atom. The summed E-state index contributed by atoms with van der Waals surface area (Å²) in [5.74, 6) is -1.01. The van der Waals surface area contributed by atoms with Crippen molar-refractivity contribution in [1.82, 2.24) is 14.9 Å². The van der Waals surface area contributed by atoms with Crippen LogP contribution in [0.25, 0.3) is 11.0 Å². The molecule has 2 aliphatic rings. The number of esters is 1. The fourth-order valence-corrected chi connectivity index (χ4v) is 6.43. The van der Waals surface area contributed by atoms with Gasteiger partial charge in [-0.15, -0.1) is 0 Å². The van der Waals surface area contributed by atoms with Crippen LogP contribution < -0.4 is 30.3 Å². The Morgan fingerprint density at radius 3 is 2.62 bits per heavy atom. The topological polar surface area (TPSA) is 196 Å². The van der Waals surface area contributed by atoms with Gasteiger partial charge in [0.2, 0.25) is 11.7 Å². The number of amides is 4. The largest absolute Gasteiger partial charge is 0.493 e. The molecule has 2 aliphatic heterocycles. The lowest BCUT2D eigenvalue weighted by atomic mass is 10.1. The summed E-state index contributed by atoms with van der Waals surface area (Å²) in [6.07, 6.45) is 4.51. The Morgan fingerprint density at radius 2 is 1.80 bits per heavy atom. The van der Waals surface area contributed by atoms with Gasteiger partial charge in [0.05, 0.1) is 44.5 Å². The average Bonchev–Trinajstić information content (AvgIpc) is 3.87. The quantitative estimate of drug-likeness (QED) is 0.111. The Labute approximate surface area is 314 Å². The van der Waals surface area contributed by atoms with Gasteiger partial charge in [-0.3, -0.25) is 33.9 Å². The van der Waals surface area contributed by atoms with Crippen molar-refractivity contribution in [2.24, 2.45) is 12.0 Å². The number of furan rings is 1. The van der Waals surface area contributed by atoms with Crippen LogP contribution in [0.5, 0.6) is 11.5 Å².